The van der Waals surface area contributed by atoms with E-state index >= 15 is 0 Å². The number of aliphatic carboxylic acids is 1. The van der Waals surface area contributed by atoms with Crippen molar-refractivity contribution in [3.05, 3.63) is 12.2 Å². The minimum atomic E-state index is -0.837. The fourth-order valence-corrected chi connectivity index (χ4v) is 2.30. The van der Waals surface area contributed by atoms with E-state index in [4.69, 9.17) is 0 Å². The molecule has 1 aliphatic heterocycles. The molecule has 0 amide bonds. The predicted octanol–water partition coefficient (Wildman–Crippen LogP) is -0.0634. The van der Waals surface area contributed by atoms with Gasteiger partial charge in [0.1, 0.15) is 17.7 Å². The van der Waals surface area contributed by atoms with Crippen molar-refractivity contribution in [2.24, 2.45) is 0 Å². The normalized spacial score (nSPS) is 18.8. The van der Waals surface area contributed by atoms with E-state index in [0.717, 1.165) is 38.4 Å². The Kier molecular flexibility index (Phi) is 4.16. The zero-order chi connectivity index (χ0) is 13.9. The van der Waals surface area contributed by atoms with Crippen LogP contribution in [0, 0.1) is 0 Å². The van der Waals surface area contributed by atoms with E-state index in [-0.39, 0.29) is 0 Å². The number of carboxylic acids is 1. The van der Waals surface area contributed by atoms with Crippen LogP contribution in [0.4, 0.5) is 0 Å². The Morgan fingerprint density at radius 1 is 1.58 bits per heavy atom. The molecule has 1 aromatic rings. The van der Waals surface area contributed by atoms with Crippen LogP contribution in [-0.4, -0.2) is 56.4 Å². The Hall–Kier alpha value is -1.47. The van der Waals surface area contributed by atoms with Crippen LogP contribution in [0.15, 0.2) is 6.33 Å². The molecule has 2 rings (SSSR count). The van der Waals surface area contributed by atoms with E-state index in [1.54, 1.807) is 20.3 Å². The van der Waals surface area contributed by atoms with Gasteiger partial charge in [-0.3, -0.25) is 9.69 Å². The maximum absolute atomic E-state index is 11.2. The molecule has 2 N–H and O–H groups in total. The average molecular weight is 267 g/mol. The molecule has 0 bridgehead atoms. The maximum Gasteiger partial charge on any atom is 0.323 e. The highest BCUT2D eigenvalue weighted by molar-refractivity contribution is 5.78. The standard InChI is InChI=1S/C12H21N5O2/c1-12(13-2,11(18)19)4-3-5-16-6-7-17-9-14-15-10(17)8-16/h9,13H,3-8H2,1-2H3,(H,18,19). The van der Waals surface area contributed by atoms with E-state index in [9.17, 15) is 9.90 Å². The minimum Gasteiger partial charge on any atom is -0.480 e. The van der Waals surface area contributed by atoms with Gasteiger partial charge in [0.2, 0.25) is 0 Å². The number of hydrogen-bond acceptors (Lipinski definition) is 5. The maximum atomic E-state index is 11.2. The van der Waals surface area contributed by atoms with Crippen molar-refractivity contribution in [1.82, 2.24) is 25.0 Å². The van der Waals surface area contributed by atoms with Crippen LogP contribution >= 0.6 is 0 Å². The first-order chi connectivity index (χ1) is 9.05. The molecule has 1 aliphatic rings. The lowest BCUT2D eigenvalue weighted by Crippen LogP contribution is -2.48. The van der Waals surface area contributed by atoms with Crippen LogP contribution in [0.2, 0.25) is 0 Å². The fraction of sp³-hybridized carbons (Fsp3) is 0.750. The highest BCUT2D eigenvalue weighted by atomic mass is 16.4. The molecule has 2 heterocycles. The monoisotopic (exact) mass is 267 g/mol. The van der Waals surface area contributed by atoms with Crippen LogP contribution < -0.4 is 5.32 Å². The minimum absolute atomic E-state index is 0.613. The first-order valence-electron chi connectivity index (χ1n) is 6.56. The third-order valence-corrected chi connectivity index (χ3v) is 3.89. The summed E-state index contributed by atoms with van der Waals surface area (Å²) in [4.78, 5) is 13.5. The molecule has 0 fully saturated rings. The number of likely N-dealkylation sites (N-methyl/N-ethyl adjacent to an activating group) is 1. The third-order valence-electron chi connectivity index (χ3n) is 3.89. The number of nitrogens with one attached hydrogen (secondary N) is 1. The summed E-state index contributed by atoms with van der Waals surface area (Å²) in [6, 6.07) is 0. The number of aromatic nitrogens is 3. The quantitative estimate of drug-likeness (QED) is 0.751. The highest BCUT2D eigenvalue weighted by Crippen LogP contribution is 2.15. The zero-order valence-electron chi connectivity index (χ0n) is 11.5. The van der Waals surface area contributed by atoms with Crippen LogP contribution in [0.5, 0.6) is 0 Å². The van der Waals surface area contributed by atoms with Crippen LogP contribution in [0.1, 0.15) is 25.6 Å². The number of rotatable bonds is 6. The van der Waals surface area contributed by atoms with Gasteiger partial charge in [-0.2, -0.15) is 0 Å². The Balaban J connectivity index is 1.80. The molecule has 19 heavy (non-hydrogen) atoms. The van der Waals surface area contributed by atoms with Crippen molar-refractivity contribution >= 4 is 5.97 Å². The molecule has 0 spiro atoms. The van der Waals surface area contributed by atoms with E-state index in [2.05, 4.69) is 25.0 Å². The van der Waals surface area contributed by atoms with E-state index in [0.29, 0.717) is 6.42 Å². The molecule has 7 nitrogen and oxygen atoms in total. The lowest BCUT2D eigenvalue weighted by molar-refractivity contribution is -0.144. The topological polar surface area (TPSA) is 83.3 Å². The summed E-state index contributed by atoms with van der Waals surface area (Å²) in [6.45, 7) is 5.28. The number of carboxylic acid groups (broad SMARTS) is 1. The van der Waals surface area contributed by atoms with Crippen molar-refractivity contribution in [1.29, 1.82) is 0 Å². The SMILES string of the molecule is CNC(C)(CCCN1CCn2cnnc2C1)C(=O)O. The second-order valence-electron chi connectivity index (χ2n) is 5.21. The average Bonchev–Trinajstić information content (AvgIpc) is 2.85. The number of fused-ring (bicyclic) bond motifs is 1. The summed E-state index contributed by atoms with van der Waals surface area (Å²) in [6.07, 6.45) is 3.22. The second-order valence-corrected chi connectivity index (χ2v) is 5.21. The lowest BCUT2D eigenvalue weighted by Gasteiger charge is -2.29. The molecule has 1 unspecified atom stereocenters. The van der Waals surface area contributed by atoms with Crippen LogP contribution in [-0.2, 0) is 17.9 Å². The van der Waals surface area contributed by atoms with Gasteiger partial charge in [0, 0.05) is 13.1 Å². The number of hydrogen-bond donors (Lipinski definition) is 2. The summed E-state index contributed by atoms with van der Waals surface area (Å²) in [5.74, 6) is 0.189. The molecule has 1 atom stereocenters. The fourth-order valence-electron chi connectivity index (χ4n) is 2.30. The van der Waals surface area contributed by atoms with Crippen molar-refractivity contribution in [3.63, 3.8) is 0 Å². The number of nitrogens with zero attached hydrogens (tertiary/aromatic N) is 4. The first-order valence-corrected chi connectivity index (χ1v) is 6.56. The van der Waals surface area contributed by atoms with Gasteiger partial charge in [0.05, 0.1) is 6.54 Å². The molecule has 0 saturated carbocycles. The summed E-state index contributed by atoms with van der Waals surface area (Å²) < 4.78 is 2.06. The highest BCUT2D eigenvalue weighted by Gasteiger charge is 2.30. The van der Waals surface area contributed by atoms with E-state index < -0.39 is 11.5 Å². The van der Waals surface area contributed by atoms with Gasteiger partial charge in [-0.1, -0.05) is 0 Å². The Morgan fingerprint density at radius 3 is 3.05 bits per heavy atom. The Labute approximate surface area is 112 Å². The molecule has 106 valence electrons. The summed E-state index contributed by atoms with van der Waals surface area (Å²) in [7, 11) is 1.69. The molecule has 0 aromatic carbocycles. The van der Waals surface area contributed by atoms with Gasteiger partial charge < -0.3 is 15.0 Å². The molecular weight excluding hydrogens is 246 g/mol. The lowest BCUT2D eigenvalue weighted by atomic mass is 9.96. The Morgan fingerprint density at radius 2 is 2.37 bits per heavy atom. The molecule has 7 heteroatoms. The number of carbonyl (C=O) groups is 1. The van der Waals surface area contributed by atoms with E-state index in [1.807, 2.05) is 0 Å². The van der Waals surface area contributed by atoms with Gasteiger partial charge in [-0.25, -0.2) is 0 Å². The predicted molar refractivity (Wildman–Crippen MR) is 69.6 cm³/mol. The third kappa shape index (κ3) is 3.10. The van der Waals surface area contributed by atoms with Crippen LogP contribution in [0.25, 0.3) is 0 Å². The molecule has 0 saturated heterocycles. The van der Waals surface area contributed by atoms with Crippen molar-refractivity contribution < 1.29 is 9.90 Å². The van der Waals surface area contributed by atoms with Gasteiger partial charge in [0.25, 0.3) is 0 Å². The van der Waals surface area contributed by atoms with Gasteiger partial charge in [-0.15, -0.1) is 10.2 Å². The molecule has 0 aliphatic carbocycles. The van der Waals surface area contributed by atoms with Crippen molar-refractivity contribution in [2.75, 3.05) is 20.1 Å². The van der Waals surface area contributed by atoms with Crippen LogP contribution in [0.3, 0.4) is 0 Å². The van der Waals surface area contributed by atoms with E-state index in [1.165, 1.54) is 0 Å². The van der Waals surface area contributed by atoms with Gasteiger partial charge >= 0.3 is 5.97 Å². The van der Waals surface area contributed by atoms with Gasteiger partial charge in [0.15, 0.2) is 0 Å². The molecule has 0 radical (unpaired) electrons. The van der Waals surface area contributed by atoms with Crippen molar-refractivity contribution in [2.45, 2.75) is 38.4 Å². The Bertz CT molecular complexity index is 447. The molecular formula is C12H21N5O2. The largest absolute Gasteiger partial charge is 0.480 e. The summed E-state index contributed by atoms with van der Waals surface area (Å²) in [5, 5.41) is 20.0. The molecule has 1 aromatic heterocycles. The van der Waals surface area contributed by atoms with Crippen molar-refractivity contribution in [3.8, 4) is 0 Å². The van der Waals surface area contributed by atoms with Gasteiger partial charge in [-0.05, 0) is 33.4 Å². The summed E-state index contributed by atoms with van der Waals surface area (Å²) in [5.41, 5.74) is -0.837. The summed E-state index contributed by atoms with van der Waals surface area (Å²) >= 11 is 0. The smallest absolute Gasteiger partial charge is 0.323 e. The first kappa shape index (κ1) is 14.0. The second kappa shape index (κ2) is 5.66. The zero-order valence-corrected chi connectivity index (χ0v) is 11.5.